The van der Waals surface area contributed by atoms with E-state index in [1.54, 1.807) is 0 Å². The molecule has 0 saturated carbocycles. The van der Waals surface area contributed by atoms with E-state index in [-0.39, 0.29) is 0 Å². The van der Waals surface area contributed by atoms with Crippen LogP contribution in [0.25, 0.3) is 0 Å². The van der Waals surface area contributed by atoms with Gasteiger partial charge in [-0.3, -0.25) is 4.79 Å². The Balaban J connectivity index is 3.64. The monoisotopic (exact) mass is 1080 g/mol. The van der Waals surface area contributed by atoms with Crippen LogP contribution >= 0.6 is 0 Å². The summed E-state index contributed by atoms with van der Waals surface area (Å²) in [5.74, 6) is -0.596. The summed E-state index contributed by atoms with van der Waals surface area (Å²) in [6.07, 6.45) is 86.2. The molecule has 4 unspecified atom stereocenters. The fraction of sp³-hybridized carbons (Fsp3) is 0.845. The van der Waals surface area contributed by atoms with Gasteiger partial charge in [0.2, 0.25) is 5.91 Å². The molecule has 0 aliphatic heterocycles. The van der Waals surface area contributed by atoms with E-state index in [0.717, 1.165) is 57.8 Å². The summed E-state index contributed by atoms with van der Waals surface area (Å²) in [4.78, 5) is 12.7. The number of rotatable bonds is 63. The average molecular weight is 1080 g/mol. The first-order valence-corrected chi connectivity index (χ1v) is 34.2. The van der Waals surface area contributed by atoms with Crippen molar-refractivity contribution in [2.75, 3.05) is 6.61 Å². The fourth-order valence-corrected chi connectivity index (χ4v) is 10.6. The van der Waals surface area contributed by atoms with Gasteiger partial charge in [0.15, 0.2) is 0 Å². The molecule has 0 spiro atoms. The molecule has 6 nitrogen and oxygen atoms in total. The van der Waals surface area contributed by atoms with Crippen molar-refractivity contribution in [1.29, 1.82) is 0 Å². The van der Waals surface area contributed by atoms with Crippen molar-refractivity contribution in [3.8, 4) is 0 Å². The summed E-state index contributed by atoms with van der Waals surface area (Å²) in [5.41, 5.74) is 0. The minimum absolute atomic E-state index is 0.358. The first kappa shape index (κ1) is 75.0. The third kappa shape index (κ3) is 58.5. The van der Waals surface area contributed by atoms with Gasteiger partial charge in [0.25, 0.3) is 0 Å². The highest BCUT2D eigenvalue weighted by Crippen LogP contribution is 2.18. The SMILES string of the molecule is CCCCCCCCCCC/C=C\C/C=C\CCCCCCCCCCCCCCCCCCC(O)C(=O)NC(CO)C(O)C(O)CCC/C=C/CC/C=C/CC/C=C/CCCCCCCCCCCCCCCCCC. The van der Waals surface area contributed by atoms with Gasteiger partial charge in [-0.2, -0.15) is 0 Å². The van der Waals surface area contributed by atoms with Crippen molar-refractivity contribution in [3.05, 3.63) is 60.8 Å². The Morgan fingerprint density at radius 1 is 0.325 bits per heavy atom. The van der Waals surface area contributed by atoms with Gasteiger partial charge in [0.1, 0.15) is 12.2 Å². The molecule has 77 heavy (non-hydrogen) atoms. The predicted octanol–water partition coefficient (Wildman–Crippen LogP) is 21.0. The highest BCUT2D eigenvalue weighted by Gasteiger charge is 2.28. The maximum absolute atomic E-state index is 12.7. The number of unbranched alkanes of at least 4 members (excludes halogenated alkanes) is 44. The minimum Gasteiger partial charge on any atom is -0.394 e. The van der Waals surface area contributed by atoms with Crippen LogP contribution in [0.15, 0.2) is 60.8 Å². The van der Waals surface area contributed by atoms with Crippen LogP contribution in [0.4, 0.5) is 0 Å². The highest BCUT2D eigenvalue weighted by molar-refractivity contribution is 5.80. The van der Waals surface area contributed by atoms with E-state index >= 15 is 0 Å². The molecular weight excluding hydrogens is 947 g/mol. The number of carbonyl (C=O) groups is 1. The molecule has 0 bridgehead atoms. The quantitative estimate of drug-likeness (QED) is 0.0308. The van der Waals surface area contributed by atoms with Crippen LogP contribution in [0.3, 0.4) is 0 Å². The van der Waals surface area contributed by atoms with Crippen molar-refractivity contribution in [2.45, 2.75) is 379 Å². The third-order valence-electron chi connectivity index (χ3n) is 15.9. The number of allylic oxidation sites excluding steroid dienone is 10. The van der Waals surface area contributed by atoms with Gasteiger partial charge >= 0.3 is 0 Å². The van der Waals surface area contributed by atoms with Gasteiger partial charge < -0.3 is 25.7 Å². The number of aliphatic hydroxyl groups is 4. The molecule has 5 N–H and O–H groups in total. The molecule has 6 heteroatoms. The Kier molecular flexibility index (Phi) is 63.2. The first-order valence-electron chi connectivity index (χ1n) is 34.2. The Labute approximate surface area is 480 Å². The second-order valence-corrected chi connectivity index (χ2v) is 23.5. The first-order chi connectivity index (χ1) is 38.0. The molecule has 0 saturated heterocycles. The molecule has 0 aromatic heterocycles. The van der Waals surface area contributed by atoms with Crippen molar-refractivity contribution < 1.29 is 25.2 Å². The van der Waals surface area contributed by atoms with E-state index in [0.29, 0.717) is 19.3 Å². The Bertz CT molecular complexity index is 1310. The van der Waals surface area contributed by atoms with E-state index in [9.17, 15) is 25.2 Å². The maximum atomic E-state index is 12.7. The second-order valence-electron chi connectivity index (χ2n) is 23.5. The number of aliphatic hydroxyl groups excluding tert-OH is 4. The molecule has 0 aliphatic carbocycles. The van der Waals surface area contributed by atoms with E-state index < -0.39 is 36.9 Å². The van der Waals surface area contributed by atoms with E-state index in [1.165, 1.54) is 263 Å². The molecule has 0 rings (SSSR count). The normalized spacial score (nSPS) is 13.9. The standard InChI is InChI=1S/C71H133NO5/c1-3-5-7-9-11-13-15-17-19-21-23-25-27-29-31-33-34-35-37-39-41-43-45-47-49-51-53-55-57-59-61-63-65-69(75)71(77)72-67(66-73)70(76)68(74)64-62-60-58-56-54-52-50-48-46-44-42-40-38-36-32-30-28-26-24-22-20-18-16-14-12-10-8-6-4-2/h23,25,29,31,40,42,48,50,56,58,67-70,73-76H,3-22,24,26-28,30,32-39,41,43-47,49,51-55,57,59-66H2,1-2H3,(H,72,77)/b25-23-,31-29-,42-40+,50-48+,58-56+. The molecule has 0 aromatic carbocycles. The lowest BCUT2D eigenvalue weighted by atomic mass is 10.00. The molecule has 0 aliphatic rings. The zero-order valence-electron chi connectivity index (χ0n) is 51.5. The molecule has 1 amide bonds. The van der Waals surface area contributed by atoms with E-state index in [2.05, 4.69) is 79.9 Å². The third-order valence-corrected chi connectivity index (χ3v) is 15.9. The van der Waals surface area contributed by atoms with Crippen molar-refractivity contribution >= 4 is 5.91 Å². The summed E-state index contributed by atoms with van der Waals surface area (Å²) in [7, 11) is 0. The van der Waals surface area contributed by atoms with Gasteiger partial charge in [-0.05, 0) is 96.3 Å². The van der Waals surface area contributed by atoms with Crippen molar-refractivity contribution in [1.82, 2.24) is 5.32 Å². The van der Waals surface area contributed by atoms with Crippen LogP contribution in [-0.2, 0) is 4.79 Å². The van der Waals surface area contributed by atoms with Gasteiger partial charge in [-0.1, -0.05) is 319 Å². The largest absolute Gasteiger partial charge is 0.394 e. The molecule has 0 aromatic rings. The molecule has 0 heterocycles. The summed E-state index contributed by atoms with van der Waals surface area (Å²) >= 11 is 0. The number of hydrogen-bond acceptors (Lipinski definition) is 5. The Morgan fingerprint density at radius 2 is 0.584 bits per heavy atom. The topological polar surface area (TPSA) is 110 Å². The average Bonchev–Trinajstić information content (AvgIpc) is 3.43. The lowest BCUT2D eigenvalue weighted by Gasteiger charge is -2.27. The Hall–Kier alpha value is -1.99. The van der Waals surface area contributed by atoms with Crippen LogP contribution in [0, 0.1) is 0 Å². The van der Waals surface area contributed by atoms with Crippen molar-refractivity contribution in [3.63, 3.8) is 0 Å². The van der Waals surface area contributed by atoms with Gasteiger partial charge in [0.05, 0.1) is 18.8 Å². The summed E-state index contributed by atoms with van der Waals surface area (Å²) in [5, 5.41) is 44.1. The number of nitrogens with one attached hydrogen (secondary N) is 1. The zero-order valence-corrected chi connectivity index (χ0v) is 51.5. The van der Waals surface area contributed by atoms with Crippen LogP contribution in [-0.4, -0.2) is 57.3 Å². The molecule has 452 valence electrons. The summed E-state index contributed by atoms with van der Waals surface area (Å²) < 4.78 is 0. The van der Waals surface area contributed by atoms with Crippen LogP contribution < -0.4 is 5.32 Å². The molecular formula is C71H133NO5. The second kappa shape index (κ2) is 64.8. The van der Waals surface area contributed by atoms with Crippen LogP contribution in [0.5, 0.6) is 0 Å². The lowest BCUT2D eigenvalue weighted by Crippen LogP contribution is -2.53. The lowest BCUT2D eigenvalue weighted by molar-refractivity contribution is -0.132. The van der Waals surface area contributed by atoms with Crippen LogP contribution in [0.1, 0.15) is 354 Å². The molecule has 4 atom stereocenters. The maximum Gasteiger partial charge on any atom is 0.249 e. The smallest absolute Gasteiger partial charge is 0.249 e. The minimum atomic E-state index is -1.30. The number of carbonyl (C=O) groups excluding carboxylic acids is 1. The van der Waals surface area contributed by atoms with Gasteiger partial charge in [-0.25, -0.2) is 0 Å². The highest BCUT2D eigenvalue weighted by atomic mass is 16.3. The zero-order chi connectivity index (χ0) is 55.8. The predicted molar refractivity (Wildman–Crippen MR) is 339 cm³/mol. The van der Waals surface area contributed by atoms with Gasteiger partial charge in [-0.15, -0.1) is 0 Å². The summed E-state index contributed by atoms with van der Waals surface area (Å²) in [6, 6.07) is -1.02. The number of amides is 1. The van der Waals surface area contributed by atoms with Crippen LogP contribution in [0.2, 0.25) is 0 Å². The van der Waals surface area contributed by atoms with E-state index in [1.807, 2.05) is 0 Å². The molecule has 0 fully saturated rings. The summed E-state index contributed by atoms with van der Waals surface area (Å²) in [6.45, 7) is 4.08. The van der Waals surface area contributed by atoms with E-state index in [4.69, 9.17) is 0 Å². The van der Waals surface area contributed by atoms with Crippen molar-refractivity contribution in [2.24, 2.45) is 0 Å². The number of hydrogen-bond donors (Lipinski definition) is 5. The molecule has 0 radical (unpaired) electrons. The fourth-order valence-electron chi connectivity index (χ4n) is 10.6. The van der Waals surface area contributed by atoms with Gasteiger partial charge in [0, 0.05) is 0 Å². The Morgan fingerprint density at radius 3 is 0.896 bits per heavy atom.